The van der Waals surface area contributed by atoms with Crippen molar-refractivity contribution in [1.82, 2.24) is 4.90 Å². The van der Waals surface area contributed by atoms with Gasteiger partial charge in [-0.05, 0) is 36.6 Å². The summed E-state index contributed by atoms with van der Waals surface area (Å²) < 4.78 is 37.7. The van der Waals surface area contributed by atoms with Gasteiger partial charge in [0.15, 0.2) is 0 Å². The van der Waals surface area contributed by atoms with Crippen molar-refractivity contribution in [1.29, 1.82) is 0 Å². The average Bonchev–Trinajstić information content (AvgIpc) is 2.64. The van der Waals surface area contributed by atoms with Crippen LogP contribution in [-0.2, 0) is 0 Å². The molecule has 1 nitrogen and oxygen atoms in total. The molecule has 0 spiro atoms. The third-order valence-corrected chi connectivity index (χ3v) is 3.55. The van der Waals surface area contributed by atoms with Crippen molar-refractivity contribution in [3.05, 3.63) is 34.3 Å². The summed E-state index contributed by atoms with van der Waals surface area (Å²) in [5.74, 6) is 0.227. The maximum atomic E-state index is 12.2. The van der Waals surface area contributed by atoms with E-state index in [1.807, 2.05) is 24.3 Å². The molecule has 1 aromatic carbocycles. The van der Waals surface area contributed by atoms with E-state index in [-0.39, 0.29) is 5.92 Å². The minimum absolute atomic E-state index is 0.227. The van der Waals surface area contributed by atoms with Gasteiger partial charge in [-0.1, -0.05) is 28.1 Å². The Morgan fingerprint density at radius 3 is 2.47 bits per heavy atom. The number of benzene rings is 1. The Kier molecular flexibility index (Phi) is 3.78. The molecule has 1 heterocycles. The molecule has 17 heavy (non-hydrogen) atoms. The highest BCUT2D eigenvalue weighted by molar-refractivity contribution is 9.10. The smallest absolute Gasteiger partial charge is 0.294 e. The lowest BCUT2D eigenvalue weighted by molar-refractivity contribution is -0.143. The number of hydrogen-bond acceptors (Lipinski definition) is 1. The monoisotopic (exact) mass is 307 g/mol. The summed E-state index contributed by atoms with van der Waals surface area (Å²) in [6.45, 7) is 0.238. The molecule has 1 aromatic rings. The molecule has 1 unspecified atom stereocenters. The maximum Gasteiger partial charge on any atom is 0.401 e. The molecule has 0 aliphatic carbocycles. The first kappa shape index (κ1) is 12.9. The Bertz CT molecular complexity index is 374. The van der Waals surface area contributed by atoms with Crippen LogP contribution >= 0.6 is 15.9 Å². The van der Waals surface area contributed by atoms with Gasteiger partial charge in [-0.25, -0.2) is 0 Å². The van der Waals surface area contributed by atoms with Gasteiger partial charge in [0.25, 0.3) is 0 Å². The lowest BCUT2D eigenvalue weighted by Crippen LogP contribution is -2.32. The van der Waals surface area contributed by atoms with Crippen LogP contribution in [0.15, 0.2) is 28.7 Å². The molecule has 0 radical (unpaired) electrons. The SMILES string of the molecule is FC(F)(F)CN1CCC(c2ccc(Br)cc2)C1. The second kappa shape index (κ2) is 4.98. The molecule has 1 fully saturated rings. The molecule has 1 aliphatic heterocycles. The number of nitrogens with zero attached hydrogens (tertiary/aromatic N) is 1. The summed E-state index contributed by atoms with van der Waals surface area (Å²) in [4.78, 5) is 1.48. The van der Waals surface area contributed by atoms with Crippen molar-refractivity contribution in [2.75, 3.05) is 19.6 Å². The highest BCUT2D eigenvalue weighted by Crippen LogP contribution is 2.30. The Morgan fingerprint density at radius 2 is 1.88 bits per heavy atom. The maximum absolute atomic E-state index is 12.2. The Labute approximate surface area is 107 Å². The predicted octanol–water partition coefficient (Wildman–Crippen LogP) is 3.80. The number of halogens is 4. The summed E-state index contributed by atoms with van der Waals surface area (Å²) >= 11 is 3.35. The lowest BCUT2D eigenvalue weighted by atomic mass is 9.99. The van der Waals surface area contributed by atoms with Crippen LogP contribution < -0.4 is 0 Å². The van der Waals surface area contributed by atoms with Gasteiger partial charge >= 0.3 is 6.18 Å². The zero-order valence-corrected chi connectivity index (χ0v) is 10.8. The van der Waals surface area contributed by atoms with E-state index in [4.69, 9.17) is 0 Å². The predicted molar refractivity (Wildman–Crippen MR) is 64.0 cm³/mol. The van der Waals surface area contributed by atoms with Crippen LogP contribution in [0.4, 0.5) is 13.2 Å². The molecule has 1 saturated heterocycles. The van der Waals surface area contributed by atoms with Gasteiger partial charge in [0, 0.05) is 11.0 Å². The summed E-state index contributed by atoms with van der Waals surface area (Å²) in [6.07, 6.45) is -3.29. The van der Waals surface area contributed by atoms with E-state index >= 15 is 0 Å². The number of hydrogen-bond donors (Lipinski definition) is 0. The standard InChI is InChI=1S/C12H13BrF3N/c13-11-3-1-9(2-4-11)10-5-6-17(7-10)8-12(14,15)16/h1-4,10H,5-8H2. The number of rotatable bonds is 2. The molecule has 1 atom stereocenters. The normalized spacial score (nSPS) is 22.0. The molecular formula is C12H13BrF3N. The fourth-order valence-electron chi connectivity index (χ4n) is 2.24. The van der Waals surface area contributed by atoms with Crippen molar-refractivity contribution in [3.8, 4) is 0 Å². The first-order valence-corrected chi connectivity index (χ1v) is 6.28. The van der Waals surface area contributed by atoms with Gasteiger partial charge in [0.05, 0.1) is 6.54 Å². The van der Waals surface area contributed by atoms with Crippen molar-refractivity contribution in [2.24, 2.45) is 0 Å². The molecule has 94 valence electrons. The van der Waals surface area contributed by atoms with E-state index in [9.17, 15) is 13.2 Å². The fraction of sp³-hybridized carbons (Fsp3) is 0.500. The van der Waals surface area contributed by atoms with Crippen LogP contribution in [0.2, 0.25) is 0 Å². The van der Waals surface area contributed by atoms with Crippen LogP contribution in [0.3, 0.4) is 0 Å². The van der Waals surface area contributed by atoms with Gasteiger partial charge in [0.1, 0.15) is 0 Å². The van der Waals surface area contributed by atoms with Gasteiger partial charge in [0.2, 0.25) is 0 Å². The first-order valence-electron chi connectivity index (χ1n) is 5.48. The van der Waals surface area contributed by atoms with E-state index in [0.29, 0.717) is 13.1 Å². The molecule has 5 heteroatoms. The van der Waals surface area contributed by atoms with E-state index < -0.39 is 12.7 Å². The highest BCUT2D eigenvalue weighted by atomic mass is 79.9. The second-order valence-corrected chi connectivity index (χ2v) is 5.30. The molecule has 0 bridgehead atoms. The van der Waals surface area contributed by atoms with Crippen LogP contribution in [-0.4, -0.2) is 30.7 Å². The van der Waals surface area contributed by atoms with Crippen molar-refractivity contribution in [2.45, 2.75) is 18.5 Å². The fourth-order valence-corrected chi connectivity index (χ4v) is 2.50. The largest absolute Gasteiger partial charge is 0.401 e. The molecule has 0 amide bonds. The topological polar surface area (TPSA) is 3.24 Å². The molecule has 0 N–H and O–H groups in total. The molecule has 1 aliphatic rings. The van der Waals surface area contributed by atoms with E-state index in [1.54, 1.807) is 0 Å². The number of likely N-dealkylation sites (tertiary alicyclic amines) is 1. The van der Waals surface area contributed by atoms with Crippen LogP contribution in [0, 0.1) is 0 Å². The van der Waals surface area contributed by atoms with Gasteiger partial charge < -0.3 is 0 Å². The third kappa shape index (κ3) is 3.71. The second-order valence-electron chi connectivity index (χ2n) is 4.39. The third-order valence-electron chi connectivity index (χ3n) is 3.02. The van der Waals surface area contributed by atoms with Crippen LogP contribution in [0.25, 0.3) is 0 Å². The lowest BCUT2D eigenvalue weighted by Gasteiger charge is -2.17. The Hall–Kier alpha value is -0.550. The number of alkyl halides is 3. The molecular weight excluding hydrogens is 295 g/mol. The minimum Gasteiger partial charge on any atom is -0.294 e. The van der Waals surface area contributed by atoms with Crippen LogP contribution in [0.1, 0.15) is 17.9 Å². The minimum atomic E-state index is -4.09. The van der Waals surface area contributed by atoms with Gasteiger partial charge in [-0.3, -0.25) is 4.90 Å². The van der Waals surface area contributed by atoms with Crippen molar-refractivity contribution in [3.63, 3.8) is 0 Å². The quantitative estimate of drug-likeness (QED) is 0.803. The van der Waals surface area contributed by atoms with Crippen molar-refractivity contribution >= 4 is 15.9 Å². The zero-order valence-electron chi connectivity index (χ0n) is 9.17. The summed E-state index contributed by atoms with van der Waals surface area (Å²) in [6, 6.07) is 7.82. The van der Waals surface area contributed by atoms with Crippen LogP contribution in [0.5, 0.6) is 0 Å². The Morgan fingerprint density at radius 1 is 1.24 bits per heavy atom. The van der Waals surface area contributed by atoms with E-state index in [0.717, 1.165) is 16.5 Å². The highest BCUT2D eigenvalue weighted by Gasteiger charge is 2.34. The average molecular weight is 308 g/mol. The molecule has 2 rings (SSSR count). The van der Waals surface area contributed by atoms with E-state index in [1.165, 1.54) is 4.90 Å². The zero-order chi connectivity index (χ0) is 12.5. The Balaban J connectivity index is 1.96. The molecule has 0 aromatic heterocycles. The van der Waals surface area contributed by atoms with Crippen molar-refractivity contribution < 1.29 is 13.2 Å². The first-order chi connectivity index (χ1) is 7.94. The van der Waals surface area contributed by atoms with Gasteiger partial charge in [-0.15, -0.1) is 0 Å². The summed E-state index contributed by atoms with van der Waals surface area (Å²) in [5, 5.41) is 0. The summed E-state index contributed by atoms with van der Waals surface area (Å²) in [5.41, 5.74) is 1.12. The summed E-state index contributed by atoms with van der Waals surface area (Å²) in [7, 11) is 0. The van der Waals surface area contributed by atoms with E-state index in [2.05, 4.69) is 15.9 Å². The van der Waals surface area contributed by atoms with Gasteiger partial charge in [-0.2, -0.15) is 13.2 Å². The molecule has 0 saturated carbocycles.